The van der Waals surface area contributed by atoms with Crippen LogP contribution in [0.15, 0.2) is 29.3 Å². The second-order valence-corrected chi connectivity index (χ2v) is 6.26. The Labute approximate surface area is 153 Å². The summed E-state index contributed by atoms with van der Waals surface area (Å²) in [5, 5.41) is 6.85. The van der Waals surface area contributed by atoms with E-state index in [1.54, 1.807) is 7.11 Å². The molecule has 1 aromatic carbocycles. The van der Waals surface area contributed by atoms with Gasteiger partial charge in [0.1, 0.15) is 5.75 Å². The highest BCUT2D eigenvalue weighted by molar-refractivity contribution is 5.80. The number of aliphatic imine (C=N–C) groups is 1. The van der Waals surface area contributed by atoms with E-state index in [9.17, 15) is 0 Å². The zero-order valence-electron chi connectivity index (χ0n) is 16.6. The third kappa shape index (κ3) is 8.77. The molecule has 0 spiro atoms. The second-order valence-electron chi connectivity index (χ2n) is 6.26. The van der Waals surface area contributed by atoms with Crippen LogP contribution in [-0.4, -0.2) is 50.2 Å². The van der Waals surface area contributed by atoms with Crippen LogP contribution in [0.4, 0.5) is 0 Å². The lowest BCUT2D eigenvalue weighted by Crippen LogP contribution is -2.42. The summed E-state index contributed by atoms with van der Waals surface area (Å²) in [5.41, 5.74) is 1.14. The molecule has 0 heterocycles. The predicted molar refractivity (Wildman–Crippen MR) is 107 cm³/mol. The van der Waals surface area contributed by atoms with E-state index in [1.165, 1.54) is 6.42 Å². The molecule has 0 saturated carbocycles. The minimum absolute atomic E-state index is 0.402. The number of guanidine groups is 1. The lowest BCUT2D eigenvalue weighted by atomic mass is 10.2. The second kappa shape index (κ2) is 12.6. The third-order valence-corrected chi connectivity index (χ3v) is 4.29. The molecule has 0 bridgehead atoms. The summed E-state index contributed by atoms with van der Waals surface area (Å²) < 4.78 is 5.27. The van der Waals surface area contributed by atoms with Crippen molar-refractivity contribution in [3.8, 4) is 5.75 Å². The molecule has 1 aromatic rings. The van der Waals surface area contributed by atoms with E-state index in [0.29, 0.717) is 12.6 Å². The number of methoxy groups -OCH3 is 1. The maximum Gasteiger partial charge on any atom is 0.191 e. The van der Waals surface area contributed by atoms with Crippen LogP contribution >= 0.6 is 0 Å². The molecule has 142 valence electrons. The van der Waals surface area contributed by atoms with E-state index in [1.807, 2.05) is 18.2 Å². The van der Waals surface area contributed by atoms with E-state index < -0.39 is 0 Å². The number of benzene rings is 1. The summed E-state index contributed by atoms with van der Waals surface area (Å²) >= 11 is 0. The first-order chi connectivity index (χ1) is 12.1. The van der Waals surface area contributed by atoms with Gasteiger partial charge < -0.3 is 20.3 Å². The largest absolute Gasteiger partial charge is 0.497 e. The quantitative estimate of drug-likeness (QED) is 0.476. The Balaban J connectivity index is 2.51. The van der Waals surface area contributed by atoms with Gasteiger partial charge >= 0.3 is 0 Å². The Kier molecular flexibility index (Phi) is 10.7. The summed E-state index contributed by atoms with van der Waals surface area (Å²) in [6.45, 7) is 13.7. The summed E-state index contributed by atoms with van der Waals surface area (Å²) in [4.78, 5) is 7.17. The number of nitrogens with zero attached hydrogens (tertiary/aromatic N) is 2. The Morgan fingerprint density at radius 3 is 2.64 bits per heavy atom. The minimum Gasteiger partial charge on any atom is -0.497 e. The average Bonchev–Trinajstić information content (AvgIpc) is 2.63. The molecule has 5 nitrogen and oxygen atoms in total. The third-order valence-electron chi connectivity index (χ3n) is 4.29. The molecule has 0 fully saturated rings. The average molecular weight is 349 g/mol. The minimum atomic E-state index is 0.402. The number of hydrogen-bond acceptors (Lipinski definition) is 3. The van der Waals surface area contributed by atoms with Crippen LogP contribution in [0.3, 0.4) is 0 Å². The highest BCUT2D eigenvalue weighted by Gasteiger charge is 2.06. The molecule has 0 saturated heterocycles. The van der Waals surface area contributed by atoms with Crippen molar-refractivity contribution in [2.24, 2.45) is 4.99 Å². The highest BCUT2D eigenvalue weighted by atomic mass is 16.5. The molecule has 0 amide bonds. The molecular weight excluding hydrogens is 312 g/mol. The lowest BCUT2D eigenvalue weighted by Gasteiger charge is -2.21. The van der Waals surface area contributed by atoms with E-state index in [0.717, 1.165) is 49.9 Å². The molecular formula is C20H36N4O. The first-order valence-electron chi connectivity index (χ1n) is 9.52. The van der Waals surface area contributed by atoms with Crippen LogP contribution in [0, 0.1) is 0 Å². The van der Waals surface area contributed by atoms with Gasteiger partial charge in [0.25, 0.3) is 0 Å². The van der Waals surface area contributed by atoms with E-state index in [2.05, 4.69) is 49.3 Å². The van der Waals surface area contributed by atoms with Crippen molar-refractivity contribution in [3.05, 3.63) is 29.8 Å². The number of nitrogens with one attached hydrogen (secondary N) is 2. The zero-order valence-corrected chi connectivity index (χ0v) is 16.6. The van der Waals surface area contributed by atoms with Gasteiger partial charge in [0.2, 0.25) is 0 Å². The molecule has 0 aliphatic heterocycles. The van der Waals surface area contributed by atoms with Gasteiger partial charge in [0.15, 0.2) is 5.96 Å². The maximum absolute atomic E-state index is 5.27. The summed E-state index contributed by atoms with van der Waals surface area (Å²) in [6, 6.07) is 8.46. The Morgan fingerprint density at radius 1 is 1.24 bits per heavy atom. The summed E-state index contributed by atoms with van der Waals surface area (Å²) in [6.07, 6.45) is 2.34. The number of hydrogen-bond donors (Lipinski definition) is 2. The zero-order chi connectivity index (χ0) is 18.5. The monoisotopic (exact) mass is 348 g/mol. The molecule has 5 heteroatoms. The fraction of sp³-hybridized carbons (Fsp3) is 0.650. The summed E-state index contributed by atoms with van der Waals surface area (Å²) in [5.74, 6) is 1.75. The van der Waals surface area contributed by atoms with Crippen LogP contribution in [0.2, 0.25) is 0 Å². The number of ether oxygens (including phenoxy) is 1. The van der Waals surface area contributed by atoms with Crippen LogP contribution in [0.5, 0.6) is 5.75 Å². The van der Waals surface area contributed by atoms with E-state index >= 15 is 0 Å². The SMILES string of the molecule is CCNC(=NCc1cccc(OC)c1)NC(C)CCCN(CC)CC. The van der Waals surface area contributed by atoms with Crippen molar-refractivity contribution in [2.45, 2.75) is 53.1 Å². The van der Waals surface area contributed by atoms with Gasteiger partial charge in [0.05, 0.1) is 13.7 Å². The van der Waals surface area contributed by atoms with E-state index in [-0.39, 0.29) is 0 Å². The molecule has 0 aliphatic rings. The molecule has 1 rings (SSSR count). The van der Waals surface area contributed by atoms with Crippen LogP contribution in [0.1, 0.15) is 46.1 Å². The maximum atomic E-state index is 5.27. The molecule has 1 atom stereocenters. The van der Waals surface area contributed by atoms with Gasteiger partial charge in [-0.05, 0) is 64.0 Å². The van der Waals surface area contributed by atoms with Crippen molar-refractivity contribution >= 4 is 5.96 Å². The predicted octanol–water partition coefficient (Wildman–Crippen LogP) is 3.26. The lowest BCUT2D eigenvalue weighted by molar-refractivity contribution is 0.292. The van der Waals surface area contributed by atoms with E-state index in [4.69, 9.17) is 9.73 Å². The van der Waals surface area contributed by atoms with Crippen molar-refractivity contribution in [2.75, 3.05) is 33.3 Å². The fourth-order valence-electron chi connectivity index (χ4n) is 2.73. The Hall–Kier alpha value is -1.75. The standard InChI is InChI=1S/C20H36N4O/c1-6-21-20(22-16-18-12-9-13-19(15-18)25-5)23-17(4)11-10-14-24(7-2)8-3/h9,12-13,15,17H,6-8,10-11,14,16H2,1-5H3,(H2,21,22,23). The Bertz CT molecular complexity index is 500. The van der Waals surface area contributed by atoms with Crippen LogP contribution in [0.25, 0.3) is 0 Å². The molecule has 25 heavy (non-hydrogen) atoms. The smallest absolute Gasteiger partial charge is 0.191 e. The summed E-state index contributed by atoms with van der Waals surface area (Å²) in [7, 11) is 1.69. The fourth-order valence-corrected chi connectivity index (χ4v) is 2.73. The highest BCUT2D eigenvalue weighted by Crippen LogP contribution is 2.13. The molecule has 0 aromatic heterocycles. The van der Waals surface area contributed by atoms with Crippen molar-refractivity contribution in [1.82, 2.24) is 15.5 Å². The number of rotatable bonds is 11. The van der Waals surface area contributed by atoms with Gasteiger partial charge in [-0.15, -0.1) is 0 Å². The van der Waals surface area contributed by atoms with Crippen molar-refractivity contribution < 1.29 is 4.74 Å². The topological polar surface area (TPSA) is 48.9 Å². The molecule has 0 aliphatic carbocycles. The van der Waals surface area contributed by atoms with Gasteiger partial charge in [0, 0.05) is 12.6 Å². The van der Waals surface area contributed by atoms with Gasteiger partial charge in [-0.1, -0.05) is 26.0 Å². The van der Waals surface area contributed by atoms with Gasteiger partial charge in [-0.3, -0.25) is 0 Å². The normalized spacial score (nSPS) is 13.0. The molecule has 2 N–H and O–H groups in total. The Morgan fingerprint density at radius 2 is 2.00 bits per heavy atom. The molecule has 0 radical (unpaired) electrons. The van der Waals surface area contributed by atoms with Crippen molar-refractivity contribution in [3.63, 3.8) is 0 Å². The van der Waals surface area contributed by atoms with Crippen LogP contribution in [-0.2, 0) is 6.54 Å². The van der Waals surface area contributed by atoms with Crippen LogP contribution < -0.4 is 15.4 Å². The van der Waals surface area contributed by atoms with Crippen molar-refractivity contribution in [1.29, 1.82) is 0 Å². The van der Waals surface area contributed by atoms with Gasteiger partial charge in [-0.25, -0.2) is 4.99 Å². The first kappa shape index (κ1) is 21.3. The first-order valence-corrected chi connectivity index (χ1v) is 9.52. The van der Waals surface area contributed by atoms with Gasteiger partial charge in [-0.2, -0.15) is 0 Å². The molecule has 1 unspecified atom stereocenters.